The Labute approximate surface area is 102 Å². The lowest BCUT2D eigenvalue weighted by Gasteiger charge is -2.22. The molecular formula is C15H14OSi. The van der Waals surface area contributed by atoms with Crippen molar-refractivity contribution < 1.29 is 4.79 Å². The molecule has 1 nitrogen and oxygen atoms in total. The fourth-order valence-electron chi connectivity index (χ4n) is 2.01. The minimum atomic E-state index is -2.41. The van der Waals surface area contributed by atoms with E-state index in [1.54, 1.807) is 0 Å². The number of carbonyl (C=O) groups is 1. The van der Waals surface area contributed by atoms with Crippen LogP contribution in [0.4, 0.5) is 0 Å². The zero-order chi connectivity index (χ0) is 12.1. The highest BCUT2D eigenvalue weighted by atomic mass is 28.3. The molecule has 0 amide bonds. The van der Waals surface area contributed by atoms with E-state index >= 15 is 0 Å². The SMILES string of the molecule is C=C[Si](C=O)(c1ccccc1)c1ccccc1. The summed E-state index contributed by atoms with van der Waals surface area (Å²) in [7, 11) is -2.41. The summed E-state index contributed by atoms with van der Waals surface area (Å²) in [6.07, 6.45) is 0. The van der Waals surface area contributed by atoms with E-state index in [1.807, 2.05) is 66.4 Å². The lowest BCUT2D eigenvalue weighted by molar-refractivity contribution is 0.567. The standard InChI is InChI=1S/C15H14OSi/c1-2-17(13-16,14-9-5-3-6-10-14)15-11-7-4-8-12-15/h2-13H,1H2. The van der Waals surface area contributed by atoms with E-state index in [2.05, 4.69) is 6.58 Å². The van der Waals surface area contributed by atoms with Gasteiger partial charge in [-0.05, 0) is 10.4 Å². The highest BCUT2D eigenvalue weighted by Gasteiger charge is 2.33. The van der Waals surface area contributed by atoms with Gasteiger partial charge < -0.3 is 4.79 Å². The summed E-state index contributed by atoms with van der Waals surface area (Å²) >= 11 is 0. The van der Waals surface area contributed by atoms with E-state index in [4.69, 9.17) is 0 Å². The van der Waals surface area contributed by atoms with Crippen molar-refractivity contribution in [2.45, 2.75) is 0 Å². The molecule has 0 heterocycles. The van der Waals surface area contributed by atoms with Crippen LogP contribution < -0.4 is 10.4 Å². The van der Waals surface area contributed by atoms with Crippen molar-refractivity contribution in [3.63, 3.8) is 0 Å². The zero-order valence-corrected chi connectivity index (χ0v) is 10.5. The molecule has 0 saturated carbocycles. The third-order valence-corrected chi connectivity index (χ3v) is 6.60. The third-order valence-electron chi connectivity index (χ3n) is 3.01. The van der Waals surface area contributed by atoms with Gasteiger partial charge in [-0.1, -0.05) is 66.4 Å². The van der Waals surface area contributed by atoms with Gasteiger partial charge >= 0.3 is 0 Å². The molecule has 2 heteroatoms. The lowest BCUT2D eigenvalue weighted by Crippen LogP contribution is -2.58. The highest BCUT2D eigenvalue weighted by molar-refractivity contribution is 7.22. The van der Waals surface area contributed by atoms with E-state index in [-0.39, 0.29) is 0 Å². The maximum Gasteiger partial charge on any atom is 0.212 e. The zero-order valence-electron chi connectivity index (χ0n) is 9.54. The van der Waals surface area contributed by atoms with E-state index in [0.717, 1.165) is 16.3 Å². The first-order valence-electron chi connectivity index (χ1n) is 5.54. The maximum absolute atomic E-state index is 11.6. The van der Waals surface area contributed by atoms with Crippen LogP contribution in [0, 0.1) is 0 Å². The molecule has 0 aliphatic carbocycles. The second-order valence-corrected chi connectivity index (χ2v) is 7.46. The van der Waals surface area contributed by atoms with Gasteiger partial charge in [0.2, 0.25) is 8.07 Å². The fourth-order valence-corrected chi connectivity index (χ4v) is 4.68. The minimum Gasteiger partial charge on any atom is -0.308 e. The Morgan fingerprint density at radius 1 is 0.824 bits per heavy atom. The van der Waals surface area contributed by atoms with Crippen LogP contribution in [0.2, 0.25) is 0 Å². The van der Waals surface area contributed by atoms with Crippen molar-refractivity contribution in [2.24, 2.45) is 0 Å². The molecule has 0 aliphatic heterocycles. The van der Waals surface area contributed by atoms with Crippen molar-refractivity contribution in [3.05, 3.63) is 72.9 Å². The summed E-state index contributed by atoms with van der Waals surface area (Å²) in [5, 5.41) is 2.16. The third kappa shape index (κ3) is 1.99. The molecule has 0 fully saturated rings. The summed E-state index contributed by atoms with van der Waals surface area (Å²) in [6, 6.07) is 19.8. The van der Waals surface area contributed by atoms with Crippen molar-refractivity contribution in [2.75, 3.05) is 0 Å². The van der Waals surface area contributed by atoms with E-state index in [0.29, 0.717) is 0 Å². The molecule has 2 aromatic carbocycles. The Hall–Kier alpha value is -1.93. The summed E-state index contributed by atoms with van der Waals surface area (Å²) in [6.45, 7) is 3.89. The van der Waals surface area contributed by atoms with E-state index < -0.39 is 8.07 Å². The summed E-state index contributed by atoms with van der Waals surface area (Å²) in [5.41, 5.74) is 1.84. The Morgan fingerprint density at radius 3 is 1.53 bits per heavy atom. The van der Waals surface area contributed by atoms with Gasteiger partial charge in [-0.25, -0.2) is 0 Å². The molecule has 0 radical (unpaired) electrons. The van der Waals surface area contributed by atoms with Crippen LogP contribution >= 0.6 is 0 Å². The molecule has 2 aromatic rings. The van der Waals surface area contributed by atoms with Gasteiger partial charge in [0.05, 0.1) is 0 Å². The average Bonchev–Trinajstić information content (AvgIpc) is 2.43. The number of benzene rings is 2. The predicted molar refractivity (Wildman–Crippen MR) is 74.9 cm³/mol. The molecule has 17 heavy (non-hydrogen) atoms. The van der Waals surface area contributed by atoms with Crippen molar-refractivity contribution in [3.8, 4) is 0 Å². The summed E-state index contributed by atoms with van der Waals surface area (Å²) in [4.78, 5) is 11.6. The van der Waals surface area contributed by atoms with Gasteiger partial charge in [0, 0.05) is 0 Å². The average molecular weight is 238 g/mol. The first-order valence-corrected chi connectivity index (χ1v) is 7.70. The summed E-state index contributed by atoms with van der Waals surface area (Å²) in [5.74, 6) is 1.09. The van der Waals surface area contributed by atoms with Crippen LogP contribution in [0.15, 0.2) is 72.9 Å². The topological polar surface area (TPSA) is 17.1 Å². The van der Waals surface area contributed by atoms with Gasteiger partial charge in [0.1, 0.15) is 5.91 Å². The largest absolute Gasteiger partial charge is 0.308 e. The normalized spacial score (nSPS) is 10.8. The lowest BCUT2D eigenvalue weighted by atomic mass is 10.4. The second-order valence-electron chi connectivity index (χ2n) is 3.92. The predicted octanol–water partition coefficient (Wildman–Crippen LogP) is 1.75. The molecule has 0 N–H and O–H groups in total. The van der Waals surface area contributed by atoms with Gasteiger partial charge in [0.15, 0.2) is 0 Å². The van der Waals surface area contributed by atoms with E-state index in [1.165, 1.54) is 0 Å². The number of hydrogen-bond acceptors (Lipinski definition) is 1. The molecule has 0 saturated heterocycles. The van der Waals surface area contributed by atoms with Crippen LogP contribution in [-0.2, 0) is 4.79 Å². The Morgan fingerprint density at radius 2 is 1.24 bits per heavy atom. The van der Waals surface area contributed by atoms with Crippen molar-refractivity contribution in [1.82, 2.24) is 0 Å². The molecule has 0 unspecified atom stereocenters. The van der Waals surface area contributed by atoms with Gasteiger partial charge in [-0.15, -0.1) is 6.58 Å². The molecule has 0 aromatic heterocycles. The minimum absolute atomic E-state index is 1.08. The molecule has 2 rings (SSSR count). The maximum atomic E-state index is 11.6. The summed E-state index contributed by atoms with van der Waals surface area (Å²) < 4.78 is 0. The number of carbonyl (C=O) groups excluding carboxylic acids is 1. The van der Waals surface area contributed by atoms with Crippen LogP contribution in [-0.4, -0.2) is 14.0 Å². The van der Waals surface area contributed by atoms with Gasteiger partial charge in [-0.3, -0.25) is 0 Å². The van der Waals surface area contributed by atoms with Crippen molar-refractivity contribution >= 4 is 24.4 Å². The Kier molecular flexibility index (Phi) is 3.35. The molecule has 0 spiro atoms. The Bertz CT molecular complexity index is 455. The van der Waals surface area contributed by atoms with Crippen LogP contribution in [0.3, 0.4) is 0 Å². The quantitative estimate of drug-likeness (QED) is 0.586. The van der Waals surface area contributed by atoms with Crippen LogP contribution in [0.1, 0.15) is 0 Å². The smallest absolute Gasteiger partial charge is 0.212 e. The van der Waals surface area contributed by atoms with Crippen LogP contribution in [0.25, 0.3) is 0 Å². The highest BCUT2D eigenvalue weighted by Crippen LogP contribution is 2.04. The fraction of sp³-hybridized carbons (Fsp3) is 0. The van der Waals surface area contributed by atoms with Crippen molar-refractivity contribution in [1.29, 1.82) is 0 Å². The number of hydrogen-bond donors (Lipinski definition) is 0. The molecular weight excluding hydrogens is 224 g/mol. The van der Waals surface area contributed by atoms with E-state index in [9.17, 15) is 4.79 Å². The monoisotopic (exact) mass is 238 g/mol. The first kappa shape index (κ1) is 11.5. The Balaban J connectivity index is 2.62. The van der Waals surface area contributed by atoms with Crippen LogP contribution in [0.5, 0.6) is 0 Å². The second kappa shape index (κ2) is 4.93. The molecule has 84 valence electrons. The van der Waals surface area contributed by atoms with Gasteiger partial charge in [0.25, 0.3) is 0 Å². The van der Waals surface area contributed by atoms with Gasteiger partial charge in [-0.2, -0.15) is 0 Å². The molecule has 0 atom stereocenters. The molecule has 0 aliphatic rings. The first-order chi connectivity index (χ1) is 8.33. The molecule has 0 bridgehead atoms. The number of rotatable bonds is 4.